The summed E-state index contributed by atoms with van der Waals surface area (Å²) in [6, 6.07) is -1.04. The molecule has 11 nitrogen and oxygen atoms in total. The second-order valence-corrected chi connectivity index (χ2v) is 24.6. The molecule has 1 amide bonds. The van der Waals surface area contributed by atoms with Crippen LogP contribution in [0.2, 0.25) is 0 Å². The van der Waals surface area contributed by atoms with Crippen LogP contribution in [0.25, 0.3) is 0 Å². The summed E-state index contributed by atoms with van der Waals surface area (Å²) in [6.07, 6.45) is 77.0. The van der Waals surface area contributed by atoms with Crippen molar-refractivity contribution in [1.29, 1.82) is 0 Å². The van der Waals surface area contributed by atoms with Crippen molar-refractivity contribution < 1.29 is 49.3 Å². The fourth-order valence-electron chi connectivity index (χ4n) is 10.7. The number of hydrogen-bond donors (Lipinski definition) is 6. The summed E-state index contributed by atoms with van der Waals surface area (Å²) in [5, 5.41) is 57.2. The average Bonchev–Trinajstić information content (AvgIpc) is 2.78. The largest absolute Gasteiger partial charge is 0.454 e. The van der Waals surface area contributed by atoms with E-state index in [1.807, 2.05) is 6.08 Å². The highest BCUT2D eigenvalue weighted by molar-refractivity contribution is 5.80. The zero-order chi connectivity index (χ0) is 63.9. The molecule has 506 valence electrons. The van der Waals surface area contributed by atoms with Gasteiger partial charge in [-0.3, -0.25) is 9.59 Å². The Hall–Kier alpha value is -3.68. The van der Waals surface area contributed by atoms with Crippen molar-refractivity contribution in [3.63, 3.8) is 0 Å². The topological polar surface area (TPSA) is 175 Å². The van der Waals surface area contributed by atoms with Crippen molar-refractivity contribution in [3.8, 4) is 0 Å². The number of amides is 1. The molecule has 8 unspecified atom stereocenters. The fraction of sp³-hybridized carbons (Fsp3) is 0.740. The van der Waals surface area contributed by atoms with Gasteiger partial charge in [0.2, 0.25) is 5.91 Å². The van der Waals surface area contributed by atoms with Gasteiger partial charge in [0.1, 0.15) is 24.4 Å². The van der Waals surface area contributed by atoms with Gasteiger partial charge in [0.15, 0.2) is 12.4 Å². The maximum atomic E-state index is 13.5. The third-order valence-corrected chi connectivity index (χ3v) is 16.4. The Morgan fingerprint density at radius 1 is 0.455 bits per heavy atom. The fourth-order valence-corrected chi connectivity index (χ4v) is 10.7. The lowest BCUT2D eigenvalue weighted by molar-refractivity contribution is -0.305. The summed E-state index contributed by atoms with van der Waals surface area (Å²) >= 11 is 0. The first-order chi connectivity index (χ1) is 43.2. The predicted octanol–water partition coefficient (Wildman–Crippen LogP) is 18.8. The molecule has 1 rings (SSSR count). The lowest BCUT2D eigenvalue weighted by Crippen LogP contribution is -2.61. The lowest BCUT2D eigenvalue weighted by atomic mass is 9.99. The van der Waals surface area contributed by atoms with Gasteiger partial charge in [-0.1, -0.05) is 297 Å². The monoisotopic (exact) mass is 1230 g/mol. The van der Waals surface area contributed by atoms with E-state index in [-0.39, 0.29) is 19.4 Å². The Morgan fingerprint density at radius 2 is 0.818 bits per heavy atom. The SMILES string of the molecule is CC/C=C\C/C=C\C/C=C\C/C=C\C/C=C\CCCCCCC(O)C(=O)NC(COC1OC(CO)C(O)C(O)C1OC(=O)CCCCCCCCCCCCCCCC/C=C\C/C=C\C/C=C\CCCCC)C(O)/C=C/CCCCCCCCCCCC. The zero-order valence-corrected chi connectivity index (χ0v) is 56.3. The molecule has 0 radical (unpaired) electrons. The third kappa shape index (κ3) is 50.0. The molecule has 0 aliphatic carbocycles. The molecule has 1 saturated heterocycles. The van der Waals surface area contributed by atoms with Crippen molar-refractivity contribution in [3.05, 3.63) is 109 Å². The number of nitrogens with one attached hydrogen (secondary N) is 1. The van der Waals surface area contributed by atoms with Crippen LogP contribution in [0, 0.1) is 0 Å². The minimum Gasteiger partial charge on any atom is -0.454 e. The van der Waals surface area contributed by atoms with Crippen LogP contribution in [0.4, 0.5) is 0 Å². The first kappa shape index (κ1) is 82.3. The summed E-state index contributed by atoms with van der Waals surface area (Å²) in [5.74, 6) is -1.21. The number of unbranched alkanes of at least 4 members (excludes halogenated alkanes) is 31. The Bertz CT molecular complexity index is 1850. The molecule has 8 atom stereocenters. The molecule has 0 aromatic rings. The van der Waals surface area contributed by atoms with Crippen LogP contribution in [0.15, 0.2) is 109 Å². The number of carbonyl (C=O) groups excluding carboxylic acids is 2. The van der Waals surface area contributed by atoms with Gasteiger partial charge in [-0.2, -0.15) is 0 Å². The number of rotatable bonds is 61. The van der Waals surface area contributed by atoms with Crippen molar-refractivity contribution >= 4 is 11.9 Å². The van der Waals surface area contributed by atoms with E-state index in [4.69, 9.17) is 14.2 Å². The Labute approximate surface area is 538 Å². The van der Waals surface area contributed by atoms with Gasteiger partial charge >= 0.3 is 5.97 Å². The summed E-state index contributed by atoms with van der Waals surface area (Å²) in [7, 11) is 0. The molecule has 11 heteroatoms. The van der Waals surface area contributed by atoms with Gasteiger partial charge in [-0.05, 0) is 109 Å². The van der Waals surface area contributed by atoms with Gasteiger partial charge < -0.3 is 45.1 Å². The lowest BCUT2D eigenvalue weighted by Gasteiger charge is -2.41. The molecule has 1 aliphatic heterocycles. The Kier molecular flexibility index (Phi) is 59.4. The number of aliphatic hydroxyl groups is 5. The van der Waals surface area contributed by atoms with Crippen molar-refractivity contribution in [2.75, 3.05) is 13.2 Å². The molecular formula is C77H133NO10. The van der Waals surface area contributed by atoms with Crippen LogP contribution in [-0.2, 0) is 23.8 Å². The molecule has 0 saturated carbocycles. The standard InChI is InChI=1S/C77H133NO10/c1-4-7-10-13-16-19-22-25-27-29-31-33-34-35-36-37-38-39-41-43-45-47-50-53-56-59-62-65-72(82)88-75-74(84)73(83)71(66-79)87-77(75)86-67-68(69(80)63-60-57-54-51-48-24-21-18-15-12-9-6-3)78-76(85)70(81)64-61-58-55-52-49-46-44-42-40-32-30-28-26-23-20-17-14-11-8-5-2/h8,11,16-17,19-20,25-28,31-33,40,44,46,60,63,68-71,73-75,77,79-81,83-84H,4-7,9-10,12-15,18,21-24,29-30,34-39,41-43,45,47-59,61-62,64-67H2,1-3H3,(H,78,85)/b11-8-,19-16-,20-17-,27-25-,28-26-,33-31-,40-32-,46-44-,63-60+. The Balaban J connectivity index is 2.56. The highest BCUT2D eigenvalue weighted by atomic mass is 16.7. The van der Waals surface area contributed by atoms with Gasteiger partial charge in [0.25, 0.3) is 0 Å². The summed E-state index contributed by atoms with van der Waals surface area (Å²) in [5.41, 5.74) is 0. The maximum Gasteiger partial charge on any atom is 0.306 e. The molecule has 1 aliphatic rings. The molecule has 0 aromatic heterocycles. The van der Waals surface area contributed by atoms with Crippen LogP contribution in [0.1, 0.15) is 303 Å². The number of allylic oxidation sites excluding steroid dienone is 17. The van der Waals surface area contributed by atoms with E-state index in [1.165, 1.54) is 148 Å². The molecule has 1 fully saturated rings. The second kappa shape index (κ2) is 63.5. The summed E-state index contributed by atoms with van der Waals surface area (Å²) in [6.45, 7) is 5.66. The van der Waals surface area contributed by atoms with Gasteiger partial charge in [0.05, 0.1) is 25.4 Å². The zero-order valence-electron chi connectivity index (χ0n) is 56.3. The van der Waals surface area contributed by atoms with Crippen LogP contribution in [0.5, 0.6) is 0 Å². The van der Waals surface area contributed by atoms with Crippen molar-refractivity contribution in [2.45, 2.75) is 352 Å². The predicted molar refractivity (Wildman–Crippen MR) is 370 cm³/mol. The highest BCUT2D eigenvalue weighted by Crippen LogP contribution is 2.26. The van der Waals surface area contributed by atoms with Gasteiger partial charge in [-0.15, -0.1) is 0 Å². The molecule has 0 aromatic carbocycles. The van der Waals surface area contributed by atoms with Crippen LogP contribution < -0.4 is 5.32 Å². The van der Waals surface area contributed by atoms with Crippen LogP contribution in [-0.4, -0.2) is 99.6 Å². The number of carbonyl (C=O) groups is 2. The molecular weight excluding hydrogens is 1100 g/mol. The molecule has 88 heavy (non-hydrogen) atoms. The molecule has 1 heterocycles. The van der Waals surface area contributed by atoms with E-state index < -0.39 is 67.4 Å². The summed E-state index contributed by atoms with van der Waals surface area (Å²) in [4.78, 5) is 26.7. The maximum absolute atomic E-state index is 13.5. The molecule has 6 N–H and O–H groups in total. The third-order valence-electron chi connectivity index (χ3n) is 16.4. The summed E-state index contributed by atoms with van der Waals surface area (Å²) < 4.78 is 17.7. The Morgan fingerprint density at radius 3 is 1.25 bits per heavy atom. The van der Waals surface area contributed by atoms with Crippen LogP contribution >= 0.6 is 0 Å². The van der Waals surface area contributed by atoms with Crippen molar-refractivity contribution in [2.24, 2.45) is 0 Å². The first-order valence-corrected chi connectivity index (χ1v) is 36.2. The van der Waals surface area contributed by atoms with Crippen LogP contribution in [0.3, 0.4) is 0 Å². The first-order valence-electron chi connectivity index (χ1n) is 36.2. The normalized spacial score (nSPS) is 18.8. The van der Waals surface area contributed by atoms with E-state index in [1.54, 1.807) is 6.08 Å². The van der Waals surface area contributed by atoms with E-state index in [2.05, 4.69) is 123 Å². The van der Waals surface area contributed by atoms with E-state index in [0.29, 0.717) is 12.8 Å². The van der Waals surface area contributed by atoms with Gasteiger partial charge in [-0.25, -0.2) is 0 Å². The molecule has 0 spiro atoms. The van der Waals surface area contributed by atoms with E-state index in [9.17, 15) is 35.1 Å². The van der Waals surface area contributed by atoms with E-state index in [0.717, 1.165) is 109 Å². The number of hydrogen-bond acceptors (Lipinski definition) is 10. The minimum absolute atomic E-state index is 0.116. The van der Waals surface area contributed by atoms with Gasteiger partial charge in [0, 0.05) is 6.42 Å². The van der Waals surface area contributed by atoms with E-state index >= 15 is 0 Å². The quantitative estimate of drug-likeness (QED) is 0.0195. The smallest absolute Gasteiger partial charge is 0.306 e. The highest BCUT2D eigenvalue weighted by Gasteiger charge is 2.47. The second-order valence-electron chi connectivity index (χ2n) is 24.6. The number of ether oxygens (including phenoxy) is 3. The number of aliphatic hydroxyl groups excluding tert-OH is 5. The van der Waals surface area contributed by atoms with Crippen molar-refractivity contribution in [1.82, 2.24) is 5.32 Å². The molecule has 0 bridgehead atoms. The minimum atomic E-state index is -1.62. The average molecular weight is 1230 g/mol. The number of esters is 1.